The van der Waals surface area contributed by atoms with Crippen molar-refractivity contribution in [3.05, 3.63) is 29.8 Å². The quantitative estimate of drug-likeness (QED) is 0.227. The van der Waals surface area contributed by atoms with E-state index >= 15 is 0 Å². The highest BCUT2D eigenvalue weighted by Gasteiger charge is 2.14. The van der Waals surface area contributed by atoms with Gasteiger partial charge < -0.3 is 10.8 Å². The normalized spacial score (nSPS) is 12.7. The first-order chi connectivity index (χ1) is 11.8. The molecule has 0 spiro atoms. The van der Waals surface area contributed by atoms with Crippen LogP contribution in [0.15, 0.2) is 24.3 Å². The third-order valence-electron chi connectivity index (χ3n) is 3.77. The topological polar surface area (TPSA) is 109 Å². The summed E-state index contributed by atoms with van der Waals surface area (Å²) in [7, 11) is -3.39. The Balaban J connectivity index is 2.44. The van der Waals surface area contributed by atoms with Gasteiger partial charge >= 0.3 is 5.97 Å². The van der Waals surface area contributed by atoms with Gasteiger partial charge in [-0.2, -0.15) is 0 Å². The minimum Gasteiger partial charge on any atom is -0.480 e. The molecule has 4 N–H and O–H groups in total. The van der Waals surface area contributed by atoms with E-state index in [1.54, 1.807) is 24.3 Å². The zero-order valence-electron chi connectivity index (χ0n) is 14.3. The summed E-state index contributed by atoms with van der Waals surface area (Å²) in [5.74, 6) is -0.984. The molecule has 0 aliphatic heterocycles. The van der Waals surface area contributed by atoms with Gasteiger partial charge in [-0.15, -0.1) is 0 Å². The van der Waals surface area contributed by atoms with E-state index in [4.69, 9.17) is 10.8 Å². The number of halogens is 1. The molecule has 8 heteroatoms. The summed E-state index contributed by atoms with van der Waals surface area (Å²) in [6.07, 6.45) is 6.36. The van der Waals surface area contributed by atoms with Gasteiger partial charge in [-0.3, -0.25) is 9.52 Å². The molecule has 1 rings (SSSR count). The lowest BCUT2D eigenvalue weighted by Crippen LogP contribution is -2.32. The highest BCUT2D eigenvalue weighted by atomic mass is 127. The SMILES string of the molecule is N[C@@H](Cc1cccc(NS(=O)(=O)CCCCCCCCI)c1)C(=O)O. The molecular formula is C17H27IN2O4S. The molecule has 0 bridgehead atoms. The van der Waals surface area contributed by atoms with Crippen molar-refractivity contribution in [1.29, 1.82) is 0 Å². The summed E-state index contributed by atoms with van der Waals surface area (Å²) < 4.78 is 28.0. The van der Waals surface area contributed by atoms with E-state index in [9.17, 15) is 13.2 Å². The molecule has 0 unspecified atom stereocenters. The van der Waals surface area contributed by atoms with Crippen molar-refractivity contribution in [1.82, 2.24) is 0 Å². The fourth-order valence-corrected chi connectivity index (χ4v) is 4.14. The standard InChI is InChI=1S/C17H27IN2O4S/c18-10-5-3-1-2-4-6-11-25(23,24)20-15-9-7-8-14(12-15)13-16(19)17(21)22/h7-9,12,16,20H,1-6,10-11,13,19H2,(H,21,22)/t16-/m0/s1. The predicted octanol–water partition coefficient (Wildman–Crippen LogP) is 3.16. The summed E-state index contributed by atoms with van der Waals surface area (Å²) >= 11 is 2.36. The summed E-state index contributed by atoms with van der Waals surface area (Å²) in [6.45, 7) is 0. The Morgan fingerprint density at radius 3 is 2.44 bits per heavy atom. The molecule has 0 amide bonds. The molecule has 0 saturated heterocycles. The average Bonchev–Trinajstić information content (AvgIpc) is 2.53. The largest absolute Gasteiger partial charge is 0.480 e. The number of rotatable bonds is 13. The van der Waals surface area contributed by atoms with Gasteiger partial charge in [0.25, 0.3) is 0 Å². The first kappa shape index (κ1) is 22.2. The molecular weight excluding hydrogens is 455 g/mol. The molecule has 1 aromatic carbocycles. The van der Waals surface area contributed by atoms with E-state index in [0.29, 0.717) is 17.7 Å². The van der Waals surface area contributed by atoms with Gasteiger partial charge in [0.2, 0.25) is 10.0 Å². The van der Waals surface area contributed by atoms with Crippen LogP contribution in [0.1, 0.15) is 44.1 Å². The van der Waals surface area contributed by atoms with Crippen LogP contribution in [0.4, 0.5) is 5.69 Å². The van der Waals surface area contributed by atoms with E-state index in [0.717, 1.165) is 19.3 Å². The Morgan fingerprint density at radius 2 is 1.80 bits per heavy atom. The van der Waals surface area contributed by atoms with Gasteiger partial charge in [-0.1, -0.05) is 60.4 Å². The average molecular weight is 482 g/mol. The Labute approximate surface area is 163 Å². The number of alkyl halides is 1. The number of carbonyl (C=O) groups is 1. The first-order valence-corrected chi connectivity index (χ1v) is 11.7. The molecule has 1 aromatic rings. The van der Waals surface area contributed by atoms with Gasteiger partial charge in [0.05, 0.1) is 5.75 Å². The zero-order valence-corrected chi connectivity index (χ0v) is 17.3. The maximum Gasteiger partial charge on any atom is 0.320 e. The van der Waals surface area contributed by atoms with E-state index in [1.165, 1.54) is 17.3 Å². The molecule has 25 heavy (non-hydrogen) atoms. The second-order valence-electron chi connectivity index (χ2n) is 6.08. The van der Waals surface area contributed by atoms with E-state index in [1.807, 2.05) is 0 Å². The fourth-order valence-electron chi connectivity index (χ4n) is 2.43. The van der Waals surface area contributed by atoms with Crippen LogP contribution in [0.2, 0.25) is 0 Å². The second-order valence-corrected chi connectivity index (χ2v) is 9.00. The van der Waals surface area contributed by atoms with Crippen LogP contribution in [0.3, 0.4) is 0 Å². The molecule has 0 fully saturated rings. The number of nitrogens with one attached hydrogen (secondary N) is 1. The first-order valence-electron chi connectivity index (χ1n) is 8.48. The fraction of sp³-hybridized carbons (Fsp3) is 0.588. The Hall–Kier alpha value is -0.870. The number of carboxylic acid groups (broad SMARTS) is 1. The number of anilines is 1. The Kier molecular flexibility index (Phi) is 10.4. The number of benzene rings is 1. The molecule has 1 atom stereocenters. The van der Waals surface area contributed by atoms with Crippen molar-refractivity contribution < 1.29 is 18.3 Å². The Morgan fingerprint density at radius 1 is 1.16 bits per heavy atom. The molecule has 0 radical (unpaired) electrons. The second kappa shape index (κ2) is 11.7. The highest BCUT2D eigenvalue weighted by Crippen LogP contribution is 2.15. The molecule has 0 aliphatic rings. The minimum atomic E-state index is -3.39. The molecule has 0 aliphatic carbocycles. The van der Waals surface area contributed by atoms with Crippen molar-refractivity contribution in [3.63, 3.8) is 0 Å². The van der Waals surface area contributed by atoms with Crippen LogP contribution in [0, 0.1) is 0 Å². The van der Waals surface area contributed by atoms with Crippen LogP contribution < -0.4 is 10.5 Å². The number of carboxylic acids is 1. The van der Waals surface area contributed by atoms with Crippen molar-refractivity contribution >= 4 is 44.3 Å². The molecule has 0 saturated carbocycles. The van der Waals surface area contributed by atoms with E-state index in [2.05, 4.69) is 27.3 Å². The van der Waals surface area contributed by atoms with Crippen molar-refractivity contribution in [3.8, 4) is 0 Å². The number of sulfonamides is 1. The molecule has 142 valence electrons. The van der Waals surface area contributed by atoms with Crippen LogP contribution in [0.25, 0.3) is 0 Å². The summed E-state index contributed by atoms with van der Waals surface area (Å²) in [6, 6.07) is 5.70. The van der Waals surface area contributed by atoms with Crippen LogP contribution in [0.5, 0.6) is 0 Å². The number of nitrogens with two attached hydrogens (primary N) is 1. The zero-order chi connectivity index (χ0) is 18.7. The summed E-state index contributed by atoms with van der Waals surface area (Å²) in [5, 5.41) is 8.85. The number of aliphatic carboxylic acids is 1. The van der Waals surface area contributed by atoms with Gasteiger partial charge in [-0.25, -0.2) is 8.42 Å². The predicted molar refractivity (Wildman–Crippen MR) is 110 cm³/mol. The van der Waals surface area contributed by atoms with Crippen molar-refractivity contribution in [2.24, 2.45) is 5.73 Å². The maximum absolute atomic E-state index is 12.1. The van der Waals surface area contributed by atoms with Crippen molar-refractivity contribution in [2.75, 3.05) is 14.9 Å². The number of hydrogen-bond acceptors (Lipinski definition) is 4. The summed E-state index contributed by atoms with van der Waals surface area (Å²) in [4.78, 5) is 10.8. The van der Waals surface area contributed by atoms with Crippen LogP contribution in [-0.2, 0) is 21.2 Å². The van der Waals surface area contributed by atoms with Crippen LogP contribution >= 0.6 is 22.6 Å². The molecule has 0 heterocycles. The van der Waals surface area contributed by atoms with Gasteiger partial charge in [0.15, 0.2) is 0 Å². The van der Waals surface area contributed by atoms with E-state index < -0.39 is 22.0 Å². The molecule has 6 nitrogen and oxygen atoms in total. The van der Waals surface area contributed by atoms with Gasteiger partial charge in [0.1, 0.15) is 6.04 Å². The minimum absolute atomic E-state index is 0.0954. The smallest absolute Gasteiger partial charge is 0.320 e. The highest BCUT2D eigenvalue weighted by molar-refractivity contribution is 14.1. The van der Waals surface area contributed by atoms with Gasteiger partial charge in [0, 0.05) is 5.69 Å². The third-order valence-corrected chi connectivity index (χ3v) is 5.91. The Bertz CT molecular complexity index is 637. The van der Waals surface area contributed by atoms with Crippen molar-refractivity contribution in [2.45, 2.75) is 51.0 Å². The lowest BCUT2D eigenvalue weighted by atomic mass is 10.1. The maximum atomic E-state index is 12.1. The third kappa shape index (κ3) is 10.0. The van der Waals surface area contributed by atoms with Gasteiger partial charge in [-0.05, 0) is 41.4 Å². The number of unbranched alkanes of at least 4 members (excludes halogenated alkanes) is 5. The lowest BCUT2D eigenvalue weighted by molar-refractivity contribution is -0.138. The molecule has 0 aromatic heterocycles. The summed E-state index contributed by atoms with van der Waals surface area (Å²) in [5.41, 5.74) is 6.64. The lowest BCUT2D eigenvalue weighted by Gasteiger charge is -2.11. The van der Waals surface area contributed by atoms with E-state index in [-0.39, 0.29) is 12.2 Å². The monoisotopic (exact) mass is 482 g/mol. The van der Waals surface area contributed by atoms with Crippen LogP contribution in [-0.4, -0.2) is 35.7 Å². The number of hydrogen-bond donors (Lipinski definition) is 3.